The second kappa shape index (κ2) is 5.51. The quantitative estimate of drug-likeness (QED) is 0.866. The standard InChI is InChI=1S/C14H15NO3/c1-10-13(17)6-3-7-14(10)18-9-12-5-2-4-11(8-16)15-12/h2-7,16-17H,8-9H2,1H3. The van der Waals surface area contributed by atoms with Gasteiger partial charge in [0, 0.05) is 5.56 Å². The van der Waals surface area contributed by atoms with Gasteiger partial charge in [0.2, 0.25) is 0 Å². The molecule has 0 atom stereocenters. The fraction of sp³-hybridized carbons (Fsp3) is 0.214. The molecule has 0 aliphatic carbocycles. The van der Waals surface area contributed by atoms with Crippen LogP contribution in [0.15, 0.2) is 36.4 Å². The van der Waals surface area contributed by atoms with Crippen molar-refractivity contribution in [3.8, 4) is 11.5 Å². The Kier molecular flexibility index (Phi) is 3.79. The smallest absolute Gasteiger partial charge is 0.130 e. The third-order valence-electron chi connectivity index (χ3n) is 2.66. The summed E-state index contributed by atoms with van der Waals surface area (Å²) in [4.78, 5) is 4.22. The van der Waals surface area contributed by atoms with Crippen molar-refractivity contribution in [1.82, 2.24) is 4.98 Å². The van der Waals surface area contributed by atoms with Crippen LogP contribution in [0.4, 0.5) is 0 Å². The van der Waals surface area contributed by atoms with Gasteiger partial charge in [-0.15, -0.1) is 0 Å². The molecular weight excluding hydrogens is 230 g/mol. The van der Waals surface area contributed by atoms with E-state index in [0.29, 0.717) is 23.6 Å². The van der Waals surface area contributed by atoms with Gasteiger partial charge >= 0.3 is 0 Å². The van der Waals surface area contributed by atoms with E-state index in [4.69, 9.17) is 9.84 Å². The molecule has 0 saturated heterocycles. The van der Waals surface area contributed by atoms with Crippen molar-refractivity contribution in [2.75, 3.05) is 0 Å². The number of ether oxygens (including phenoxy) is 1. The Bertz CT molecular complexity index is 540. The topological polar surface area (TPSA) is 62.6 Å². The summed E-state index contributed by atoms with van der Waals surface area (Å²) in [6, 6.07) is 10.6. The predicted octanol–water partition coefficient (Wildman–Crippen LogP) is 2.17. The summed E-state index contributed by atoms with van der Waals surface area (Å²) < 4.78 is 5.60. The zero-order chi connectivity index (χ0) is 13.0. The van der Waals surface area contributed by atoms with Gasteiger partial charge in [-0.1, -0.05) is 12.1 Å². The zero-order valence-electron chi connectivity index (χ0n) is 10.1. The number of hydrogen-bond donors (Lipinski definition) is 2. The molecule has 0 aliphatic heterocycles. The normalized spacial score (nSPS) is 10.3. The van der Waals surface area contributed by atoms with Crippen LogP contribution in [0.1, 0.15) is 17.0 Å². The Morgan fingerprint density at radius 2 is 1.83 bits per heavy atom. The van der Waals surface area contributed by atoms with E-state index < -0.39 is 0 Å². The Morgan fingerprint density at radius 3 is 2.61 bits per heavy atom. The third kappa shape index (κ3) is 2.78. The van der Waals surface area contributed by atoms with Crippen molar-refractivity contribution in [1.29, 1.82) is 0 Å². The van der Waals surface area contributed by atoms with E-state index in [2.05, 4.69) is 4.98 Å². The monoisotopic (exact) mass is 245 g/mol. The molecule has 0 aliphatic rings. The predicted molar refractivity (Wildman–Crippen MR) is 67.3 cm³/mol. The number of aromatic nitrogens is 1. The number of pyridine rings is 1. The number of hydrogen-bond acceptors (Lipinski definition) is 4. The van der Waals surface area contributed by atoms with E-state index in [9.17, 15) is 5.11 Å². The van der Waals surface area contributed by atoms with Crippen LogP contribution < -0.4 is 4.74 Å². The van der Waals surface area contributed by atoms with Gasteiger partial charge in [-0.2, -0.15) is 0 Å². The number of nitrogens with zero attached hydrogens (tertiary/aromatic N) is 1. The number of aliphatic hydroxyl groups excluding tert-OH is 1. The number of phenols is 1. The maximum atomic E-state index is 9.55. The van der Waals surface area contributed by atoms with Crippen LogP contribution in [-0.4, -0.2) is 15.2 Å². The number of benzene rings is 1. The molecule has 0 fully saturated rings. The molecule has 4 heteroatoms. The average Bonchev–Trinajstić information content (AvgIpc) is 2.41. The molecule has 1 aromatic carbocycles. The lowest BCUT2D eigenvalue weighted by Gasteiger charge is -2.10. The summed E-state index contributed by atoms with van der Waals surface area (Å²) in [5.74, 6) is 0.843. The fourth-order valence-corrected chi connectivity index (χ4v) is 1.61. The van der Waals surface area contributed by atoms with Gasteiger partial charge in [0.05, 0.1) is 18.0 Å². The van der Waals surface area contributed by atoms with Gasteiger partial charge in [-0.05, 0) is 31.2 Å². The summed E-state index contributed by atoms with van der Waals surface area (Å²) in [5.41, 5.74) is 2.06. The minimum atomic E-state index is -0.0843. The van der Waals surface area contributed by atoms with Gasteiger partial charge < -0.3 is 14.9 Å². The van der Waals surface area contributed by atoms with Crippen LogP contribution in [0.3, 0.4) is 0 Å². The van der Waals surface area contributed by atoms with Crippen LogP contribution in [0.5, 0.6) is 11.5 Å². The average molecular weight is 245 g/mol. The molecule has 1 aromatic heterocycles. The van der Waals surface area contributed by atoms with E-state index >= 15 is 0 Å². The van der Waals surface area contributed by atoms with Gasteiger partial charge in [0.25, 0.3) is 0 Å². The van der Waals surface area contributed by atoms with E-state index in [-0.39, 0.29) is 12.4 Å². The maximum absolute atomic E-state index is 9.55. The van der Waals surface area contributed by atoms with Crippen LogP contribution in [0.2, 0.25) is 0 Å². The second-order valence-electron chi connectivity index (χ2n) is 3.97. The largest absolute Gasteiger partial charge is 0.508 e. The molecular formula is C14H15NO3. The molecule has 94 valence electrons. The van der Waals surface area contributed by atoms with Gasteiger partial charge in [-0.25, -0.2) is 0 Å². The molecule has 2 N–H and O–H groups in total. The van der Waals surface area contributed by atoms with Crippen molar-refractivity contribution >= 4 is 0 Å². The third-order valence-corrected chi connectivity index (χ3v) is 2.66. The molecule has 2 aromatic rings. The second-order valence-corrected chi connectivity index (χ2v) is 3.97. The Morgan fingerprint density at radius 1 is 1.11 bits per heavy atom. The lowest BCUT2D eigenvalue weighted by atomic mass is 10.2. The fourth-order valence-electron chi connectivity index (χ4n) is 1.61. The molecule has 0 unspecified atom stereocenters. The first-order valence-electron chi connectivity index (χ1n) is 5.67. The first kappa shape index (κ1) is 12.4. The SMILES string of the molecule is Cc1c(O)cccc1OCc1cccc(CO)n1. The van der Waals surface area contributed by atoms with Crippen LogP contribution >= 0.6 is 0 Å². The molecule has 0 spiro atoms. The highest BCUT2D eigenvalue weighted by atomic mass is 16.5. The highest BCUT2D eigenvalue weighted by Gasteiger charge is 2.04. The van der Waals surface area contributed by atoms with Gasteiger partial charge in [0.15, 0.2) is 0 Å². The highest BCUT2D eigenvalue weighted by Crippen LogP contribution is 2.26. The summed E-state index contributed by atoms with van der Waals surface area (Å²) in [6.07, 6.45) is 0. The summed E-state index contributed by atoms with van der Waals surface area (Å²) >= 11 is 0. The molecule has 1 heterocycles. The molecule has 0 bridgehead atoms. The van der Waals surface area contributed by atoms with Gasteiger partial charge in [0.1, 0.15) is 18.1 Å². The Balaban J connectivity index is 2.09. The van der Waals surface area contributed by atoms with E-state index in [1.165, 1.54) is 0 Å². The number of aliphatic hydroxyl groups is 1. The minimum absolute atomic E-state index is 0.0843. The zero-order valence-corrected chi connectivity index (χ0v) is 10.1. The maximum Gasteiger partial charge on any atom is 0.130 e. The lowest BCUT2D eigenvalue weighted by molar-refractivity contribution is 0.272. The molecule has 18 heavy (non-hydrogen) atoms. The molecule has 0 radical (unpaired) electrons. The van der Waals surface area contributed by atoms with Crippen molar-refractivity contribution in [2.24, 2.45) is 0 Å². The van der Waals surface area contributed by atoms with Crippen LogP contribution in [-0.2, 0) is 13.2 Å². The first-order chi connectivity index (χ1) is 8.70. The van der Waals surface area contributed by atoms with Crippen molar-refractivity contribution in [3.05, 3.63) is 53.3 Å². The molecule has 4 nitrogen and oxygen atoms in total. The Hall–Kier alpha value is -2.07. The summed E-state index contributed by atoms with van der Waals surface area (Å²) in [5, 5.41) is 18.5. The molecule has 2 rings (SSSR count). The number of rotatable bonds is 4. The van der Waals surface area contributed by atoms with Crippen molar-refractivity contribution in [3.63, 3.8) is 0 Å². The summed E-state index contributed by atoms with van der Waals surface area (Å²) in [6.45, 7) is 2.01. The highest BCUT2D eigenvalue weighted by molar-refractivity contribution is 5.42. The minimum Gasteiger partial charge on any atom is -0.508 e. The van der Waals surface area contributed by atoms with Crippen LogP contribution in [0, 0.1) is 6.92 Å². The summed E-state index contributed by atoms with van der Waals surface area (Å²) in [7, 11) is 0. The number of aromatic hydroxyl groups is 1. The van der Waals surface area contributed by atoms with Crippen LogP contribution in [0.25, 0.3) is 0 Å². The number of phenolic OH excluding ortho intramolecular Hbond substituents is 1. The van der Waals surface area contributed by atoms with Crippen molar-refractivity contribution < 1.29 is 14.9 Å². The Labute approximate surface area is 106 Å². The van der Waals surface area contributed by atoms with Crippen molar-refractivity contribution in [2.45, 2.75) is 20.1 Å². The van der Waals surface area contributed by atoms with E-state index in [1.807, 2.05) is 12.1 Å². The van der Waals surface area contributed by atoms with E-state index in [0.717, 1.165) is 5.69 Å². The van der Waals surface area contributed by atoms with E-state index in [1.54, 1.807) is 31.2 Å². The lowest BCUT2D eigenvalue weighted by Crippen LogP contribution is -2.01. The molecule has 0 amide bonds. The van der Waals surface area contributed by atoms with Gasteiger partial charge in [-0.3, -0.25) is 4.98 Å². The first-order valence-corrected chi connectivity index (χ1v) is 5.67. The molecule has 0 saturated carbocycles.